The molecule has 0 fully saturated rings. The van der Waals surface area contributed by atoms with E-state index in [-0.39, 0.29) is 27.3 Å². The van der Waals surface area contributed by atoms with Crippen molar-refractivity contribution in [3.8, 4) is 11.5 Å². The number of hydrogen-bond donors (Lipinski definition) is 1. The van der Waals surface area contributed by atoms with Crippen molar-refractivity contribution in [3.05, 3.63) is 61.0 Å². The quantitative estimate of drug-likeness (QED) is 0.460. The molecule has 0 radical (unpaired) electrons. The number of phenols is 1. The molecular weight excluding hydrogens is 398 g/mol. The summed E-state index contributed by atoms with van der Waals surface area (Å²) in [7, 11) is 1.23. The molecule has 0 atom stereocenters. The average Bonchev–Trinajstić information content (AvgIpc) is 2.86. The Kier molecular flexibility index (Phi) is 4.33. The van der Waals surface area contributed by atoms with Gasteiger partial charge in [0.2, 0.25) is 11.5 Å². The zero-order chi connectivity index (χ0) is 17.4. The summed E-state index contributed by atoms with van der Waals surface area (Å²) >= 11 is 4.39. The minimum absolute atomic E-state index is 0.171. The number of rotatable bonds is 3. The highest BCUT2D eigenvalue weighted by atomic mass is 79.9. The number of nitro groups is 1. The minimum Gasteiger partial charge on any atom is -0.503 e. The van der Waals surface area contributed by atoms with Crippen LogP contribution in [0.1, 0.15) is 15.9 Å². The maximum absolute atomic E-state index is 12.4. The number of methoxy groups -OCH3 is 1. The normalized spacial score (nSPS) is 14.8. The van der Waals surface area contributed by atoms with Gasteiger partial charge in [0, 0.05) is 10.5 Å². The molecule has 0 saturated carbocycles. The SMILES string of the molecule is COc1c(O)c(Br)cc(C=C2Sc3ccccc3C2=O)c1[N+](=O)[O-]. The van der Waals surface area contributed by atoms with E-state index >= 15 is 0 Å². The maximum atomic E-state index is 12.4. The number of nitro benzene ring substituents is 1. The largest absolute Gasteiger partial charge is 0.503 e. The molecule has 0 aliphatic carbocycles. The van der Waals surface area contributed by atoms with Gasteiger partial charge < -0.3 is 9.84 Å². The first kappa shape index (κ1) is 16.5. The fourth-order valence-corrected chi connectivity index (χ4v) is 3.86. The Bertz CT molecular complexity index is 910. The number of carbonyl (C=O) groups excluding carboxylic acids is 1. The lowest BCUT2D eigenvalue weighted by Gasteiger charge is -2.09. The minimum atomic E-state index is -0.644. The van der Waals surface area contributed by atoms with Crippen molar-refractivity contribution in [2.75, 3.05) is 7.11 Å². The number of thioether (sulfide) groups is 1. The second-order valence-electron chi connectivity index (χ2n) is 4.87. The Labute approximate surface area is 149 Å². The van der Waals surface area contributed by atoms with Crippen molar-refractivity contribution in [2.45, 2.75) is 4.90 Å². The molecule has 1 aliphatic rings. The molecule has 1 N–H and O–H groups in total. The van der Waals surface area contributed by atoms with Gasteiger partial charge in [-0.15, -0.1) is 0 Å². The van der Waals surface area contributed by atoms with Crippen LogP contribution in [0.25, 0.3) is 6.08 Å². The fraction of sp³-hybridized carbons (Fsp3) is 0.0625. The molecule has 6 nitrogen and oxygen atoms in total. The molecule has 0 aromatic heterocycles. The number of nitrogens with zero attached hydrogens (tertiary/aromatic N) is 1. The van der Waals surface area contributed by atoms with Gasteiger partial charge in [-0.3, -0.25) is 14.9 Å². The lowest BCUT2D eigenvalue weighted by Crippen LogP contribution is -1.99. The van der Waals surface area contributed by atoms with Crippen LogP contribution in [-0.4, -0.2) is 22.9 Å². The summed E-state index contributed by atoms with van der Waals surface area (Å²) in [5.74, 6) is -0.803. The lowest BCUT2D eigenvalue weighted by molar-refractivity contribution is -0.386. The smallest absolute Gasteiger partial charge is 0.322 e. The number of carbonyl (C=O) groups is 1. The Hall–Kier alpha value is -2.32. The molecule has 24 heavy (non-hydrogen) atoms. The number of fused-ring (bicyclic) bond motifs is 1. The molecule has 0 spiro atoms. The number of Topliss-reactive ketones (excluding diaryl/α,β-unsaturated/α-hetero) is 1. The number of aromatic hydroxyl groups is 1. The first-order valence-corrected chi connectivity index (χ1v) is 8.32. The van der Waals surface area contributed by atoms with Gasteiger partial charge in [-0.2, -0.15) is 0 Å². The number of ketones is 1. The molecular formula is C16H10BrNO5S. The van der Waals surface area contributed by atoms with Gasteiger partial charge in [-0.25, -0.2) is 0 Å². The third-order valence-corrected chi connectivity index (χ3v) is 5.16. The molecule has 2 aromatic carbocycles. The Balaban J connectivity index is 2.17. The summed E-state index contributed by atoms with van der Waals surface area (Å²) in [6.45, 7) is 0. The standard InChI is InChI=1S/C16H10BrNO5S/c1-23-16-13(18(21)22)8(6-10(17)15(16)20)7-12-14(19)9-4-2-3-5-11(9)24-12/h2-7,20H,1H3. The second kappa shape index (κ2) is 6.29. The number of allylic oxidation sites excluding steroid dienone is 1. The van der Waals surface area contributed by atoms with Crippen molar-refractivity contribution in [1.29, 1.82) is 0 Å². The third kappa shape index (κ3) is 2.67. The van der Waals surface area contributed by atoms with E-state index in [9.17, 15) is 20.0 Å². The molecule has 0 saturated heterocycles. The van der Waals surface area contributed by atoms with Gasteiger partial charge in [-0.1, -0.05) is 23.9 Å². The summed E-state index contributed by atoms with van der Waals surface area (Å²) in [5.41, 5.74) is 0.349. The van der Waals surface area contributed by atoms with Crippen LogP contribution in [0, 0.1) is 10.1 Å². The van der Waals surface area contributed by atoms with Crippen molar-refractivity contribution >= 4 is 45.2 Å². The molecule has 2 aromatic rings. The Morgan fingerprint density at radius 1 is 1.38 bits per heavy atom. The molecule has 8 heteroatoms. The van der Waals surface area contributed by atoms with Crippen LogP contribution in [0.4, 0.5) is 5.69 Å². The zero-order valence-electron chi connectivity index (χ0n) is 12.3. The van der Waals surface area contributed by atoms with Gasteiger partial charge in [-0.05, 0) is 40.2 Å². The third-order valence-electron chi connectivity index (χ3n) is 3.46. The first-order valence-electron chi connectivity index (χ1n) is 6.71. The van der Waals surface area contributed by atoms with Gasteiger partial charge in [0.15, 0.2) is 5.75 Å². The van der Waals surface area contributed by atoms with Crippen LogP contribution in [-0.2, 0) is 0 Å². The predicted octanol–water partition coefficient (Wildman–Crippen LogP) is 4.40. The van der Waals surface area contributed by atoms with Crippen LogP contribution in [0.2, 0.25) is 0 Å². The Morgan fingerprint density at radius 3 is 2.71 bits per heavy atom. The van der Waals surface area contributed by atoms with Crippen LogP contribution < -0.4 is 4.74 Å². The number of benzene rings is 2. The summed E-state index contributed by atoms with van der Waals surface area (Å²) in [4.78, 5) is 24.4. The van der Waals surface area contributed by atoms with E-state index in [0.29, 0.717) is 10.5 Å². The van der Waals surface area contributed by atoms with Crippen LogP contribution in [0.5, 0.6) is 11.5 Å². The van der Waals surface area contributed by atoms with E-state index in [0.717, 1.165) is 4.90 Å². The van der Waals surface area contributed by atoms with Crippen LogP contribution in [0.3, 0.4) is 0 Å². The van der Waals surface area contributed by atoms with E-state index in [1.807, 2.05) is 12.1 Å². The molecule has 1 aliphatic heterocycles. The van der Waals surface area contributed by atoms with Gasteiger partial charge in [0.25, 0.3) is 0 Å². The summed E-state index contributed by atoms with van der Waals surface area (Å²) < 4.78 is 5.21. The second-order valence-corrected chi connectivity index (χ2v) is 6.81. The number of phenolic OH excluding ortho intramolecular Hbond substituents is 1. The van der Waals surface area contributed by atoms with E-state index in [1.54, 1.807) is 12.1 Å². The van der Waals surface area contributed by atoms with Crippen molar-refractivity contribution < 1.29 is 19.6 Å². The number of hydrogen-bond acceptors (Lipinski definition) is 6. The maximum Gasteiger partial charge on any atom is 0.322 e. The first-order chi connectivity index (χ1) is 11.4. The van der Waals surface area contributed by atoms with Crippen molar-refractivity contribution in [2.24, 2.45) is 0 Å². The average molecular weight is 408 g/mol. The topological polar surface area (TPSA) is 89.7 Å². The Morgan fingerprint density at radius 2 is 2.08 bits per heavy atom. The molecule has 1 heterocycles. The highest BCUT2D eigenvalue weighted by Crippen LogP contribution is 2.47. The summed E-state index contributed by atoms with van der Waals surface area (Å²) in [6.07, 6.45) is 1.44. The molecule has 0 bridgehead atoms. The van der Waals surface area contributed by atoms with Crippen molar-refractivity contribution in [1.82, 2.24) is 0 Å². The number of ether oxygens (including phenoxy) is 1. The molecule has 3 rings (SSSR count). The molecule has 122 valence electrons. The van der Waals surface area contributed by atoms with E-state index in [4.69, 9.17) is 4.74 Å². The highest BCUT2D eigenvalue weighted by molar-refractivity contribution is 9.10. The fourth-order valence-electron chi connectivity index (χ4n) is 2.39. The highest BCUT2D eigenvalue weighted by Gasteiger charge is 2.29. The van der Waals surface area contributed by atoms with Crippen LogP contribution in [0.15, 0.2) is 44.6 Å². The van der Waals surface area contributed by atoms with Crippen molar-refractivity contribution in [3.63, 3.8) is 0 Å². The van der Waals surface area contributed by atoms with Gasteiger partial charge in [0.05, 0.1) is 27.0 Å². The summed E-state index contributed by atoms with van der Waals surface area (Å²) in [6, 6.07) is 8.51. The zero-order valence-corrected chi connectivity index (χ0v) is 14.7. The molecule has 0 amide bonds. The van der Waals surface area contributed by atoms with Gasteiger partial charge in [0.1, 0.15) is 0 Å². The predicted molar refractivity (Wildman–Crippen MR) is 93.6 cm³/mol. The summed E-state index contributed by atoms with van der Waals surface area (Å²) in [5, 5.41) is 21.4. The monoisotopic (exact) mass is 407 g/mol. The van der Waals surface area contributed by atoms with E-state index in [1.165, 1.54) is 31.0 Å². The molecule has 0 unspecified atom stereocenters. The van der Waals surface area contributed by atoms with Gasteiger partial charge >= 0.3 is 5.69 Å². The van der Waals surface area contributed by atoms with Crippen LogP contribution >= 0.6 is 27.7 Å². The number of halogens is 1. The van der Waals surface area contributed by atoms with E-state index < -0.39 is 10.6 Å². The lowest BCUT2D eigenvalue weighted by atomic mass is 10.1. The van der Waals surface area contributed by atoms with E-state index in [2.05, 4.69) is 15.9 Å².